The summed E-state index contributed by atoms with van der Waals surface area (Å²) in [7, 11) is 1.22. The zero-order chi connectivity index (χ0) is 13.3. The third-order valence-corrected chi connectivity index (χ3v) is 2.90. The summed E-state index contributed by atoms with van der Waals surface area (Å²) < 4.78 is 4.46. The number of carbonyl (C=O) groups excluding carboxylic acids is 1. The van der Waals surface area contributed by atoms with Crippen molar-refractivity contribution in [1.29, 1.82) is 0 Å². The number of esters is 1. The quantitative estimate of drug-likeness (QED) is 0.377. The maximum atomic E-state index is 11.2. The van der Waals surface area contributed by atoms with Crippen molar-refractivity contribution in [2.24, 2.45) is 5.92 Å². The van der Waals surface area contributed by atoms with Gasteiger partial charge in [0, 0.05) is 0 Å². The fourth-order valence-electron chi connectivity index (χ4n) is 1.71. The number of nitrogens with zero attached hydrogens (tertiary/aromatic N) is 1. The first-order chi connectivity index (χ1) is 8.06. The van der Waals surface area contributed by atoms with Crippen molar-refractivity contribution in [3.05, 3.63) is 0 Å². The van der Waals surface area contributed by atoms with Crippen LogP contribution in [0.4, 0.5) is 0 Å². The largest absolute Gasteiger partial charge is 0.481 e. The SMILES string of the molecule is CCN(CC)CCCCC(C(=O)O)C(=O)OC. The molecule has 0 aliphatic carbocycles. The third kappa shape index (κ3) is 6.26. The lowest BCUT2D eigenvalue weighted by Crippen LogP contribution is -2.26. The Balaban J connectivity index is 3.91. The Morgan fingerprint density at radius 1 is 1.24 bits per heavy atom. The number of carbonyl (C=O) groups is 2. The second-order valence-electron chi connectivity index (χ2n) is 3.94. The molecule has 0 rings (SSSR count). The van der Waals surface area contributed by atoms with Crippen LogP contribution in [0.5, 0.6) is 0 Å². The average molecular weight is 245 g/mol. The van der Waals surface area contributed by atoms with Gasteiger partial charge in [0.15, 0.2) is 5.92 Å². The first-order valence-electron chi connectivity index (χ1n) is 6.09. The van der Waals surface area contributed by atoms with E-state index in [-0.39, 0.29) is 0 Å². The molecule has 0 spiro atoms. The van der Waals surface area contributed by atoms with E-state index in [4.69, 9.17) is 5.11 Å². The van der Waals surface area contributed by atoms with E-state index in [9.17, 15) is 9.59 Å². The number of carboxylic acid groups (broad SMARTS) is 1. The minimum atomic E-state index is -1.10. The summed E-state index contributed by atoms with van der Waals surface area (Å²) >= 11 is 0. The lowest BCUT2D eigenvalue weighted by molar-refractivity contribution is -0.157. The van der Waals surface area contributed by atoms with Gasteiger partial charge in [-0.1, -0.05) is 20.3 Å². The molecule has 0 heterocycles. The number of hydrogen-bond acceptors (Lipinski definition) is 4. The predicted molar refractivity (Wildman–Crippen MR) is 64.8 cm³/mol. The second-order valence-corrected chi connectivity index (χ2v) is 3.94. The molecule has 17 heavy (non-hydrogen) atoms. The summed E-state index contributed by atoms with van der Waals surface area (Å²) in [5, 5.41) is 8.86. The van der Waals surface area contributed by atoms with Gasteiger partial charge in [0.2, 0.25) is 0 Å². The van der Waals surface area contributed by atoms with E-state index >= 15 is 0 Å². The van der Waals surface area contributed by atoms with Crippen LogP contribution in [0.15, 0.2) is 0 Å². The van der Waals surface area contributed by atoms with E-state index in [2.05, 4.69) is 23.5 Å². The van der Waals surface area contributed by atoms with E-state index in [0.29, 0.717) is 6.42 Å². The number of methoxy groups -OCH3 is 1. The molecule has 0 aromatic carbocycles. The van der Waals surface area contributed by atoms with Crippen LogP contribution >= 0.6 is 0 Å². The number of carboxylic acids is 1. The molecule has 0 radical (unpaired) electrons. The lowest BCUT2D eigenvalue weighted by atomic mass is 10.0. The Morgan fingerprint density at radius 3 is 2.24 bits per heavy atom. The second kappa shape index (κ2) is 8.98. The molecule has 1 atom stereocenters. The highest BCUT2D eigenvalue weighted by atomic mass is 16.5. The number of ether oxygens (including phenoxy) is 1. The molecule has 0 aromatic heterocycles. The Morgan fingerprint density at radius 2 is 1.82 bits per heavy atom. The van der Waals surface area contributed by atoms with Crippen LogP contribution in [-0.2, 0) is 14.3 Å². The summed E-state index contributed by atoms with van der Waals surface area (Å²) in [5.41, 5.74) is 0. The van der Waals surface area contributed by atoms with Crippen LogP contribution in [0.1, 0.15) is 33.1 Å². The first kappa shape index (κ1) is 15.9. The van der Waals surface area contributed by atoms with Crippen LogP contribution in [-0.4, -0.2) is 48.7 Å². The van der Waals surface area contributed by atoms with Crippen LogP contribution < -0.4 is 0 Å². The van der Waals surface area contributed by atoms with Crippen LogP contribution in [0.25, 0.3) is 0 Å². The van der Waals surface area contributed by atoms with Gasteiger partial charge >= 0.3 is 11.9 Å². The highest BCUT2D eigenvalue weighted by Gasteiger charge is 2.26. The van der Waals surface area contributed by atoms with Crippen molar-refractivity contribution >= 4 is 11.9 Å². The predicted octanol–water partition coefficient (Wildman–Crippen LogP) is 1.37. The Hall–Kier alpha value is -1.10. The van der Waals surface area contributed by atoms with Crippen molar-refractivity contribution in [2.45, 2.75) is 33.1 Å². The van der Waals surface area contributed by atoms with Gasteiger partial charge in [-0.2, -0.15) is 0 Å². The van der Waals surface area contributed by atoms with Gasteiger partial charge in [0.05, 0.1) is 7.11 Å². The monoisotopic (exact) mass is 245 g/mol. The molecule has 5 heteroatoms. The van der Waals surface area contributed by atoms with Crippen LogP contribution in [0, 0.1) is 5.92 Å². The molecule has 0 fully saturated rings. The zero-order valence-corrected chi connectivity index (χ0v) is 10.9. The molecule has 0 amide bonds. The van der Waals surface area contributed by atoms with E-state index in [1.807, 2.05) is 0 Å². The Bertz CT molecular complexity index is 239. The number of rotatable bonds is 9. The van der Waals surface area contributed by atoms with E-state index in [1.54, 1.807) is 0 Å². The van der Waals surface area contributed by atoms with Crippen LogP contribution in [0.3, 0.4) is 0 Å². The average Bonchev–Trinajstić information content (AvgIpc) is 2.32. The normalized spacial score (nSPS) is 12.5. The maximum absolute atomic E-state index is 11.2. The molecular weight excluding hydrogens is 222 g/mol. The molecule has 0 aromatic rings. The molecule has 0 saturated carbocycles. The number of unbranched alkanes of at least 4 members (excludes halogenated alkanes) is 1. The fourth-order valence-corrected chi connectivity index (χ4v) is 1.71. The smallest absolute Gasteiger partial charge is 0.320 e. The standard InChI is InChI=1S/C12H23NO4/c1-4-13(5-2)9-7-6-8-10(11(14)15)12(16)17-3/h10H,4-9H2,1-3H3,(H,14,15). The maximum Gasteiger partial charge on any atom is 0.320 e. The Kier molecular flexibility index (Phi) is 8.40. The van der Waals surface area contributed by atoms with Gasteiger partial charge < -0.3 is 14.7 Å². The topological polar surface area (TPSA) is 66.8 Å². The summed E-state index contributed by atoms with van der Waals surface area (Å²) in [5.74, 6) is -2.77. The molecule has 1 unspecified atom stereocenters. The fraction of sp³-hybridized carbons (Fsp3) is 0.833. The third-order valence-electron chi connectivity index (χ3n) is 2.90. The van der Waals surface area contributed by atoms with Crippen molar-refractivity contribution in [3.8, 4) is 0 Å². The lowest BCUT2D eigenvalue weighted by Gasteiger charge is -2.18. The van der Waals surface area contributed by atoms with E-state index < -0.39 is 17.9 Å². The van der Waals surface area contributed by atoms with Gasteiger partial charge in [-0.15, -0.1) is 0 Å². The number of hydrogen-bond donors (Lipinski definition) is 1. The van der Waals surface area contributed by atoms with Crippen molar-refractivity contribution in [1.82, 2.24) is 4.90 Å². The van der Waals surface area contributed by atoms with Gasteiger partial charge in [-0.05, 0) is 32.5 Å². The summed E-state index contributed by atoms with van der Waals surface area (Å²) in [6.45, 7) is 7.13. The molecule has 5 nitrogen and oxygen atoms in total. The highest BCUT2D eigenvalue weighted by molar-refractivity contribution is 5.93. The highest BCUT2D eigenvalue weighted by Crippen LogP contribution is 2.11. The van der Waals surface area contributed by atoms with Gasteiger partial charge in [0.25, 0.3) is 0 Å². The first-order valence-corrected chi connectivity index (χ1v) is 6.09. The molecule has 100 valence electrons. The van der Waals surface area contributed by atoms with Gasteiger partial charge in [-0.3, -0.25) is 9.59 Å². The van der Waals surface area contributed by atoms with E-state index in [1.165, 1.54) is 7.11 Å². The summed E-state index contributed by atoms with van der Waals surface area (Å²) in [6.07, 6.45) is 1.98. The van der Waals surface area contributed by atoms with Crippen molar-refractivity contribution in [3.63, 3.8) is 0 Å². The van der Waals surface area contributed by atoms with Gasteiger partial charge in [-0.25, -0.2) is 0 Å². The van der Waals surface area contributed by atoms with Crippen LogP contribution in [0.2, 0.25) is 0 Å². The molecule has 0 saturated heterocycles. The minimum Gasteiger partial charge on any atom is -0.481 e. The number of aliphatic carboxylic acids is 1. The van der Waals surface area contributed by atoms with Gasteiger partial charge in [0.1, 0.15) is 0 Å². The Labute approximate surface area is 103 Å². The summed E-state index contributed by atoms with van der Waals surface area (Å²) in [6, 6.07) is 0. The molecule has 0 aliphatic heterocycles. The molecule has 0 aliphatic rings. The molecule has 0 bridgehead atoms. The summed E-state index contributed by atoms with van der Waals surface area (Å²) in [4.78, 5) is 24.3. The zero-order valence-electron chi connectivity index (χ0n) is 10.9. The molecule has 1 N–H and O–H groups in total. The van der Waals surface area contributed by atoms with Crippen molar-refractivity contribution in [2.75, 3.05) is 26.7 Å². The van der Waals surface area contributed by atoms with Crippen molar-refractivity contribution < 1.29 is 19.4 Å². The minimum absolute atomic E-state index is 0.350. The van der Waals surface area contributed by atoms with E-state index in [0.717, 1.165) is 32.5 Å². The molecular formula is C12H23NO4.